The largest absolute Gasteiger partial charge is 0.331 e. The second-order valence-corrected chi connectivity index (χ2v) is 4.10. The molecule has 1 aromatic heterocycles. The lowest BCUT2D eigenvalue weighted by atomic mass is 10.1. The van der Waals surface area contributed by atoms with Crippen molar-refractivity contribution in [3.05, 3.63) is 41.9 Å². The molecule has 0 saturated carbocycles. The summed E-state index contributed by atoms with van der Waals surface area (Å²) in [6, 6.07) is 3.43. The Balaban J connectivity index is 2.39. The Labute approximate surface area is 104 Å². The Morgan fingerprint density at radius 3 is 2.83 bits per heavy atom. The van der Waals surface area contributed by atoms with Crippen LogP contribution in [0, 0.1) is 11.6 Å². The Hall–Kier alpha value is -1.75. The molecule has 2 rings (SSSR count). The predicted octanol–water partition coefficient (Wildman–Crippen LogP) is 2.13. The van der Waals surface area contributed by atoms with Crippen LogP contribution in [0.25, 0.3) is 11.3 Å². The molecule has 3 nitrogen and oxygen atoms in total. The van der Waals surface area contributed by atoms with Crippen molar-refractivity contribution in [2.45, 2.75) is 6.42 Å². The fourth-order valence-electron chi connectivity index (χ4n) is 1.86. The molecule has 0 aliphatic rings. The standard InChI is InChI=1S/C13H15F2N3/c1-16-6-5-13-17-8-12(18(13)2)10-7-9(14)3-4-11(10)15/h3-4,7-8,16H,5-6H2,1-2H3. The highest BCUT2D eigenvalue weighted by Crippen LogP contribution is 2.24. The van der Waals surface area contributed by atoms with Gasteiger partial charge in [0.2, 0.25) is 0 Å². The van der Waals surface area contributed by atoms with Crippen LogP contribution in [0.5, 0.6) is 0 Å². The molecule has 1 heterocycles. The van der Waals surface area contributed by atoms with Gasteiger partial charge in [0.05, 0.1) is 11.9 Å². The van der Waals surface area contributed by atoms with Crippen LogP contribution >= 0.6 is 0 Å². The summed E-state index contributed by atoms with van der Waals surface area (Å²) in [5.74, 6) is -0.0630. The number of nitrogens with one attached hydrogen (secondary N) is 1. The number of rotatable bonds is 4. The van der Waals surface area contributed by atoms with Crippen molar-refractivity contribution in [3.8, 4) is 11.3 Å². The normalized spacial score (nSPS) is 10.9. The molecule has 5 heteroatoms. The Kier molecular flexibility index (Phi) is 3.72. The van der Waals surface area contributed by atoms with Crippen LogP contribution in [0.15, 0.2) is 24.4 Å². The van der Waals surface area contributed by atoms with Gasteiger partial charge in [-0.05, 0) is 25.2 Å². The number of imidazole rings is 1. The first-order valence-electron chi connectivity index (χ1n) is 5.74. The number of hydrogen-bond donors (Lipinski definition) is 1. The number of benzene rings is 1. The van der Waals surface area contributed by atoms with Gasteiger partial charge in [-0.15, -0.1) is 0 Å². The first-order chi connectivity index (χ1) is 8.63. The van der Waals surface area contributed by atoms with Gasteiger partial charge in [-0.3, -0.25) is 0 Å². The SMILES string of the molecule is CNCCc1ncc(-c2cc(F)ccc2F)n1C. The van der Waals surface area contributed by atoms with Crippen LogP contribution in [0.4, 0.5) is 8.78 Å². The van der Waals surface area contributed by atoms with E-state index < -0.39 is 11.6 Å². The van der Waals surface area contributed by atoms with Crippen LogP contribution in [0.3, 0.4) is 0 Å². The third-order valence-electron chi connectivity index (χ3n) is 2.89. The molecule has 96 valence electrons. The van der Waals surface area contributed by atoms with Crippen LogP contribution < -0.4 is 5.32 Å². The van der Waals surface area contributed by atoms with E-state index in [-0.39, 0.29) is 5.56 Å². The first-order valence-corrected chi connectivity index (χ1v) is 5.74. The number of aromatic nitrogens is 2. The lowest BCUT2D eigenvalue weighted by Crippen LogP contribution is -2.13. The Morgan fingerprint density at radius 2 is 2.11 bits per heavy atom. The lowest BCUT2D eigenvalue weighted by molar-refractivity contribution is 0.601. The minimum atomic E-state index is -0.454. The van der Waals surface area contributed by atoms with E-state index in [1.54, 1.807) is 17.8 Å². The summed E-state index contributed by atoms with van der Waals surface area (Å²) < 4.78 is 28.6. The van der Waals surface area contributed by atoms with Gasteiger partial charge in [0.25, 0.3) is 0 Å². The number of halogens is 2. The minimum absolute atomic E-state index is 0.237. The van der Waals surface area contributed by atoms with Crippen LogP contribution in [0.1, 0.15) is 5.82 Å². The maximum atomic E-state index is 13.7. The summed E-state index contributed by atoms with van der Waals surface area (Å²) in [4.78, 5) is 4.23. The zero-order chi connectivity index (χ0) is 13.1. The zero-order valence-electron chi connectivity index (χ0n) is 10.4. The summed E-state index contributed by atoms with van der Waals surface area (Å²) in [7, 11) is 3.66. The molecule has 1 aromatic carbocycles. The maximum absolute atomic E-state index is 13.7. The van der Waals surface area contributed by atoms with Crippen molar-refractivity contribution in [1.82, 2.24) is 14.9 Å². The van der Waals surface area contributed by atoms with Crippen molar-refractivity contribution in [2.75, 3.05) is 13.6 Å². The van der Waals surface area contributed by atoms with Crippen molar-refractivity contribution in [2.24, 2.45) is 7.05 Å². The van der Waals surface area contributed by atoms with E-state index in [0.717, 1.165) is 30.9 Å². The maximum Gasteiger partial charge on any atom is 0.132 e. The quantitative estimate of drug-likeness (QED) is 0.902. The average molecular weight is 251 g/mol. The third kappa shape index (κ3) is 2.41. The molecule has 2 aromatic rings. The summed E-state index contributed by atoms with van der Waals surface area (Å²) in [6.45, 7) is 0.788. The van der Waals surface area contributed by atoms with Crippen molar-refractivity contribution >= 4 is 0 Å². The van der Waals surface area contributed by atoms with Gasteiger partial charge < -0.3 is 9.88 Å². The number of likely N-dealkylation sites (N-methyl/N-ethyl adjacent to an activating group) is 1. The highest BCUT2D eigenvalue weighted by atomic mass is 19.1. The van der Waals surface area contributed by atoms with E-state index in [1.807, 2.05) is 7.05 Å². The molecule has 0 atom stereocenters. The van der Waals surface area contributed by atoms with Gasteiger partial charge in [-0.2, -0.15) is 0 Å². The Morgan fingerprint density at radius 1 is 1.33 bits per heavy atom. The summed E-state index contributed by atoms with van der Waals surface area (Å²) in [5.41, 5.74) is 0.818. The second kappa shape index (κ2) is 5.27. The van der Waals surface area contributed by atoms with Gasteiger partial charge in [0.1, 0.15) is 17.5 Å². The molecule has 0 fully saturated rings. The van der Waals surface area contributed by atoms with E-state index in [9.17, 15) is 8.78 Å². The third-order valence-corrected chi connectivity index (χ3v) is 2.89. The first kappa shape index (κ1) is 12.7. The van der Waals surface area contributed by atoms with E-state index >= 15 is 0 Å². The Bertz CT molecular complexity index is 549. The van der Waals surface area contributed by atoms with Crippen LogP contribution in [-0.2, 0) is 13.5 Å². The number of hydrogen-bond acceptors (Lipinski definition) is 2. The highest BCUT2D eigenvalue weighted by molar-refractivity contribution is 5.60. The van der Waals surface area contributed by atoms with Gasteiger partial charge in [0.15, 0.2) is 0 Å². The van der Waals surface area contributed by atoms with Gasteiger partial charge in [-0.25, -0.2) is 13.8 Å². The predicted molar refractivity (Wildman–Crippen MR) is 66.2 cm³/mol. The van der Waals surface area contributed by atoms with Crippen molar-refractivity contribution in [1.29, 1.82) is 0 Å². The topological polar surface area (TPSA) is 29.9 Å². The molecule has 0 unspecified atom stereocenters. The fourth-order valence-corrected chi connectivity index (χ4v) is 1.86. The molecule has 0 spiro atoms. The molecule has 0 aliphatic carbocycles. The molecule has 0 radical (unpaired) electrons. The molecule has 0 amide bonds. The van der Waals surface area contributed by atoms with E-state index in [0.29, 0.717) is 5.69 Å². The van der Waals surface area contributed by atoms with Crippen molar-refractivity contribution in [3.63, 3.8) is 0 Å². The monoisotopic (exact) mass is 251 g/mol. The second-order valence-electron chi connectivity index (χ2n) is 4.10. The molecule has 18 heavy (non-hydrogen) atoms. The van der Waals surface area contributed by atoms with Gasteiger partial charge >= 0.3 is 0 Å². The lowest BCUT2D eigenvalue weighted by Gasteiger charge is -2.07. The van der Waals surface area contributed by atoms with E-state index in [4.69, 9.17) is 0 Å². The van der Waals surface area contributed by atoms with E-state index in [2.05, 4.69) is 10.3 Å². The fraction of sp³-hybridized carbons (Fsp3) is 0.308. The van der Waals surface area contributed by atoms with Gasteiger partial charge in [0, 0.05) is 25.6 Å². The van der Waals surface area contributed by atoms with Crippen LogP contribution in [-0.4, -0.2) is 23.1 Å². The smallest absolute Gasteiger partial charge is 0.132 e. The summed E-state index contributed by atoms with van der Waals surface area (Å²) in [5, 5.41) is 3.03. The molecule has 0 aliphatic heterocycles. The minimum Gasteiger partial charge on any atom is -0.331 e. The van der Waals surface area contributed by atoms with E-state index in [1.165, 1.54) is 6.07 Å². The molecule has 0 bridgehead atoms. The number of nitrogens with zero attached hydrogens (tertiary/aromatic N) is 2. The molecule has 0 saturated heterocycles. The van der Waals surface area contributed by atoms with Gasteiger partial charge in [-0.1, -0.05) is 0 Å². The molecular formula is C13H15F2N3. The molecule has 1 N–H and O–H groups in total. The van der Waals surface area contributed by atoms with Crippen LogP contribution in [0.2, 0.25) is 0 Å². The zero-order valence-corrected chi connectivity index (χ0v) is 10.4. The summed E-state index contributed by atoms with van der Waals surface area (Å²) in [6.07, 6.45) is 2.31. The van der Waals surface area contributed by atoms with Crippen molar-refractivity contribution < 1.29 is 8.78 Å². The highest BCUT2D eigenvalue weighted by Gasteiger charge is 2.12. The summed E-state index contributed by atoms with van der Waals surface area (Å²) >= 11 is 0. The molecular weight excluding hydrogens is 236 g/mol. The average Bonchev–Trinajstić information content (AvgIpc) is 2.71.